The second-order valence-corrected chi connectivity index (χ2v) is 3.93. The van der Waals surface area contributed by atoms with Crippen molar-refractivity contribution in [1.29, 1.82) is 0 Å². The van der Waals surface area contributed by atoms with Crippen molar-refractivity contribution in [3.05, 3.63) is 41.5 Å². The van der Waals surface area contributed by atoms with Crippen LogP contribution in [0.3, 0.4) is 0 Å². The highest BCUT2D eigenvalue weighted by Gasteiger charge is 2.01. The Morgan fingerprint density at radius 2 is 2.28 bits per heavy atom. The summed E-state index contributed by atoms with van der Waals surface area (Å²) in [5.41, 5.74) is 7.82. The van der Waals surface area contributed by atoms with Gasteiger partial charge < -0.3 is 15.6 Å². The summed E-state index contributed by atoms with van der Waals surface area (Å²) in [6.07, 6.45) is 0. The number of aromatic nitrogens is 2. The van der Waals surface area contributed by atoms with Gasteiger partial charge in [0.2, 0.25) is 5.89 Å². The predicted molar refractivity (Wildman–Crippen MR) is 69.2 cm³/mol. The second kappa shape index (κ2) is 5.31. The molecule has 0 atom stereocenters. The quantitative estimate of drug-likeness (QED) is 0.633. The molecule has 0 aliphatic carbocycles. The lowest BCUT2D eigenvalue weighted by Crippen LogP contribution is -2.22. The number of anilines is 1. The first kappa shape index (κ1) is 12.1. The van der Waals surface area contributed by atoms with Crippen molar-refractivity contribution in [2.24, 2.45) is 10.7 Å². The SMILES string of the molecule is Cc1cccc(NC(N)=NCc2noc(C)n2)c1. The number of aryl methyl sites for hydroxylation is 2. The zero-order valence-corrected chi connectivity index (χ0v) is 10.3. The van der Waals surface area contributed by atoms with Crippen LogP contribution in [-0.4, -0.2) is 16.1 Å². The van der Waals surface area contributed by atoms with Crippen LogP contribution >= 0.6 is 0 Å². The fourth-order valence-corrected chi connectivity index (χ4v) is 1.47. The Balaban J connectivity index is 1.97. The van der Waals surface area contributed by atoms with Gasteiger partial charge in [0.15, 0.2) is 11.8 Å². The fraction of sp³-hybridized carbons (Fsp3) is 0.250. The highest BCUT2D eigenvalue weighted by atomic mass is 16.5. The van der Waals surface area contributed by atoms with Crippen LogP contribution in [0.1, 0.15) is 17.3 Å². The van der Waals surface area contributed by atoms with Gasteiger partial charge in [-0.25, -0.2) is 4.99 Å². The minimum atomic E-state index is 0.294. The van der Waals surface area contributed by atoms with E-state index in [0.29, 0.717) is 24.2 Å². The monoisotopic (exact) mass is 245 g/mol. The van der Waals surface area contributed by atoms with E-state index in [1.807, 2.05) is 31.2 Å². The lowest BCUT2D eigenvalue weighted by atomic mass is 10.2. The molecule has 3 N–H and O–H groups in total. The van der Waals surface area contributed by atoms with E-state index in [1.54, 1.807) is 6.92 Å². The molecule has 6 nitrogen and oxygen atoms in total. The molecule has 1 aromatic heterocycles. The molecule has 0 saturated heterocycles. The molecule has 1 aromatic carbocycles. The van der Waals surface area contributed by atoms with E-state index in [2.05, 4.69) is 20.4 Å². The molecule has 0 spiro atoms. The van der Waals surface area contributed by atoms with Gasteiger partial charge in [-0.3, -0.25) is 0 Å². The number of guanidine groups is 1. The molecule has 0 bridgehead atoms. The van der Waals surface area contributed by atoms with Crippen molar-refractivity contribution in [1.82, 2.24) is 10.1 Å². The average molecular weight is 245 g/mol. The van der Waals surface area contributed by atoms with Gasteiger partial charge in [-0.1, -0.05) is 17.3 Å². The summed E-state index contributed by atoms with van der Waals surface area (Å²) in [7, 11) is 0. The normalized spacial score (nSPS) is 11.6. The van der Waals surface area contributed by atoms with Gasteiger partial charge in [0.25, 0.3) is 0 Å². The highest BCUT2D eigenvalue weighted by molar-refractivity contribution is 5.92. The Kier molecular flexibility index (Phi) is 3.57. The van der Waals surface area contributed by atoms with E-state index >= 15 is 0 Å². The minimum Gasteiger partial charge on any atom is -0.370 e. The smallest absolute Gasteiger partial charge is 0.223 e. The van der Waals surface area contributed by atoms with Crippen molar-refractivity contribution in [2.75, 3.05) is 5.32 Å². The molecule has 0 saturated carbocycles. The van der Waals surface area contributed by atoms with Gasteiger partial charge in [-0.15, -0.1) is 0 Å². The number of aliphatic imine (C=N–C) groups is 1. The number of hydrogen-bond acceptors (Lipinski definition) is 4. The first-order valence-electron chi connectivity index (χ1n) is 5.56. The zero-order valence-electron chi connectivity index (χ0n) is 10.3. The molecule has 18 heavy (non-hydrogen) atoms. The Hall–Kier alpha value is -2.37. The largest absolute Gasteiger partial charge is 0.370 e. The van der Waals surface area contributed by atoms with Crippen LogP contribution in [0, 0.1) is 13.8 Å². The minimum absolute atomic E-state index is 0.294. The third kappa shape index (κ3) is 3.31. The molecular weight excluding hydrogens is 230 g/mol. The van der Waals surface area contributed by atoms with E-state index in [-0.39, 0.29) is 0 Å². The molecule has 0 aliphatic heterocycles. The number of nitrogens with one attached hydrogen (secondary N) is 1. The molecule has 2 aromatic rings. The summed E-state index contributed by atoms with van der Waals surface area (Å²) < 4.78 is 4.84. The number of hydrogen-bond donors (Lipinski definition) is 2. The zero-order chi connectivity index (χ0) is 13.0. The summed E-state index contributed by atoms with van der Waals surface area (Å²) in [5, 5.41) is 6.73. The van der Waals surface area contributed by atoms with Gasteiger partial charge in [-0.05, 0) is 24.6 Å². The van der Waals surface area contributed by atoms with Gasteiger partial charge in [0.05, 0.1) is 0 Å². The van der Waals surface area contributed by atoms with E-state index in [1.165, 1.54) is 0 Å². The number of nitrogens with two attached hydrogens (primary N) is 1. The molecule has 0 amide bonds. The Bertz CT molecular complexity index is 561. The second-order valence-electron chi connectivity index (χ2n) is 3.93. The molecule has 94 valence electrons. The van der Waals surface area contributed by atoms with Gasteiger partial charge in [-0.2, -0.15) is 4.98 Å². The van der Waals surface area contributed by atoms with Crippen LogP contribution in [-0.2, 0) is 6.54 Å². The maximum absolute atomic E-state index is 5.76. The Labute approximate surface area is 105 Å². The lowest BCUT2D eigenvalue weighted by Gasteiger charge is -2.05. The van der Waals surface area contributed by atoms with Crippen LogP contribution in [0.4, 0.5) is 5.69 Å². The van der Waals surface area contributed by atoms with Crippen LogP contribution in [0.5, 0.6) is 0 Å². The lowest BCUT2D eigenvalue weighted by molar-refractivity contribution is 0.387. The molecule has 0 aliphatic rings. The van der Waals surface area contributed by atoms with Crippen LogP contribution in [0.2, 0.25) is 0 Å². The van der Waals surface area contributed by atoms with Crippen LogP contribution in [0.15, 0.2) is 33.8 Å². The molecule has 0 radical (unpaired) electrons. The Morgan fingerprint density at radius 3 is 2.94 bits per heavy atom. The molecule has 6 heteroatoms. The standard InChI is InChI=1S/C12H15N5O/c1-8-4-3-5-10(6-8)16-12(13)14-7-11-15-9(2)18-17-11/h3-6H,7H2,1-2H3,(H3,13,14,16). The number of benzene rings is 1. The fourth-order valence-electron chi connectivity index (χ4n) is 1.47. The summed E-state index contributed by atoms with van der Waals surface area (Å²) in [5.74, 6) is 1.36. The Morgan fingerprint density at radius 1 is 1.44 bits per heavy atom. The van der Waals surface area contributed by atoms with Gasteiger partial charge in [0.1, 0.15) is 6.54 Å². The van der Waals surface area contributed by atoms with Crippen molar-refractivity contribution in [2.45, 2.75) is 20.4 Å². The van der Waals surface area contributed by atoms with Crippen molar-refractivity contribution in [3.63, 3.8) is 0 Å². The van der Waals surface area contributed by atoms with Crippen molar-refractivity contribution >= 4 is 11.6 Å². The first-order valence-corrected chi connectivity index (χ1v) is 5.56. The van der Waals surface area contributed by atoms with Crippen LogP contribution < -0.4 is 11.1 Å². The van der Waals surface area contributed by atoms with E-state index in [0.717, 1.165) is 11.3 Å². The third-order valence-corrected chi connectivity index (χ3v) is 2.25. The number of rotatable bonds is 3. The van der Waals surface area contributed by atoms with E-state index < -0.39 is 0 Å². The maximum atomic E-state index is 5.76. The first-order chi connectivity index (χ1) is 8.63. The van der Waals surface area contributed by atoms with E-state index in [9.17, 15) is 0 Å². The van der Waals surface area contributed by atoms with Gasteiger partial charge >= 0.3 is 0 Å². The van der Waals surface area contributed by atoms with Crippen LogP contribution in [0.25, 0.3) is 0 Å². The highest BCUT2D eigenvalue weighted by Crippen LogP contribution is 2.08. The summed E-state index contributed by atoms with van der Waals surface area (Å²) in [4.78, 5) is 8.17. The molecule has 0 fully saturated rings. The summed E-state index contributed by atoms with van der Waals surface area (Å²) in [6.45, 7) is 4.04. The molecule has 1 heterocycles. The summed E-state index contributed by atoms with van der Waals surface area (Å²) in [6, 6.07) is 7.88. The van der Waals surface area contributed by atoms with Gasteiger partial charge in [0, 0.05) is 12.6 Å². The third-order valence-electron chi connectivity index (χ3n) is 2.25. The van der Waals surface area contributed by atoms with E-state index in [4.69, 9.17) is 10.3 Å². The predicted octanol–water partition coefficient (Wildman–Crippen LogP) is 1.61. The van der Waals surface area contributed by atoms with Crippen molar-refractivity contribution < 1.29 is 4.52 Å². The van der Waals surface area contributed by atoms with Crippen molar-refractivity contribution in [3.8, 4) is 0 Å². The average Bonchev–Trinajstić information content (AvgIpc) is 2.73. The number of nitrogens with zero attached hydrogens (tertiary/aromatic N) is 3. The molecular formula is C12H15N5O. The topological polar surface area (TPSA) is 89.3 Å². The maximum Gasteiger partial charge on any atom is 0.223 e. The summed E-state index contributed by atoms with van der Waals surface area (Å²) >= 11 is 0. The molecule has 2 rings (SSSR count). The molecule has 0 unspecified atom stereocenters.